The zero-order valence-corrected chi connectivity index (χ0v) is 12.9. The number of anilines is 1. The summed E-state index contributed by atoms with van der Waals surface area (Å²) < 4.78 is 0.917. The van der Waals surface area contributed by atoms with E-state index in [2.05, 4.69) is 26.9 Å². The van der Waals surface area contributed by atoms with Crippen LogP contribution in [-0.4, -0.2) is 19.0 Å². The summed E-state index contributed by atoms with van der Waals surface area (Å²) in [5.74, 6) is 0.245. The van der Waals surface area contributed by atoms with Gasteiger partial charge in [0.1, 0.15) is 6.07 Å². The number of halogens is 1. The number of benzene rings is 1. The SMILES string of the molecule is N#Cc1cc(Br)ccc1N1CCC[C@H](CCC(N)=O)C1. The Morgan fingerprint density at radius 2 is 2.35 bits per heavy atom. The van der Waals surface area contributed by atoms with Crippen molar-refractivity contribution in [3.05, 3.63) is 28.2 Å². The van der Waals surface area contributed by atoms with E-state index in [9.17, 15) is 10.1 Å². The molecule has 0 bridgehead atoms. The topological polar surface area (TPSA) is 70.1 Å². The van der Waals surface area contributed by atoms with E-state index in [0.29, 0.717) is 17.9 Å². The first-order valence-electron chi connectivity index (χ1n) is 6.83. The lowest BCUT2D eigenvalue weighted by molar-refractivity contribution is -0.118. The highest BCUT2D eigenvalue weighted by Gasteiger charge is 2.22. The van der Waals surface area contributed by atoms with Gasteiger partial charge in [-0.1, -0.05) is 15.9 Å². The van der Waals surface area contributed by atoms with Gasteiger partial charge < -0.3 is 10.6 Å². The molecule has 1 atom stereocenters. The lowest BCUT2D eigenvalue weighted by Crippen LogP contribution is -2.36. The molecule has 0 saturated carbocycles. The highest BCUT2D eigenvalue weighted by molar-refractivity contribution is 9.10. The third kappa shape index (κ3) is 3.73. The minimum absolute atomic E-state index is 0.233. The predicted molar refractivity (Wildman–Crippen MR) is 82.2 cm³/mol. The number of nitrogens with zero attached hydrogens (tertiary/aromatic N) is 2. The lowest BCUT2D eigenvalue weighted by Gasteiger charge is -2.35. The molecule has 1 aliphatic heterocycles. The van der Waals surface area contributed by atoms with E-state index >= 15 is 0 Å². The van der Waals surface area contributed by atoms with E-state index in [1.54, 1.807) is 0 Å². The van der Waals surface area contributed by atoms with Crippen LogP contribution < -0.4 is 10.6 Å². The second kappa shape index (κ2) is 6.76. The van der Waals surface area contributed by atoms with Crippen molar-refractivity contribution in [3.8, 4) is 6.07 Å². The molecule has 0 spiro atoms. The number of hydrogen-bond donors (Lipinski definition) is 1. The van der Waals surface area contributed by atoms with Gasteiger partial charge in [0, 0.05) is 24.0 Å². The van der Waals surface area contributed by atoms with Crippen molar-refractivity contribution in [3.63, 3.8) is 0 Å². The van der Waals surface area contributed by atoms with E-state index in [0.717, 1.165) is 42.5 Å². The molecule has 1 aromatic carbocycles. The van der Waals surface area contributed by atoms with Crippen molar-refractivity contribution < 1.29 is 4.79 Å². The van der Waals surface area contributed by atoms with Crippen LogP contribution >= 0.6 is 15.9 Å². The van der Waals surface area contributed by atoms with Crippen LogP contribution in [-0.2, 0) is 4.79 Å². The lowest BCUT2D eigenvalue weighted by atomic mass is 9.92. The number of amides is 1. The second-order valence-corrected chi connectivity index (χ2v) is 6.15. The van der Waals surface area contributed by atoms with E-state index < -0.39 is 0 Å². The standard InChI is InChI=1S/C15H18BrN3O/c16-13-4-5-14(12(8-13)9-17)19-7-1-2-11(10-19)3-6-15(18)20/h4-5,8,11H,1-3,6-7,10H2,(H2,18,20)/t11-/m1/s1. The van der Waals surface area contributed by atoms with Crippen LogP contribution in [0.5, 0.6) is 0 Å². The summed E-state index contributed by atoms with van der Waals surface area (Å²) in [6.07, 6.45) is 3.50. The zero-order valence-electron chi connectivity index (χ0n) is 11.3. The summed E-state index contributed by atoms with van der Waals surface area (Å²) in [5.41, 5.74) is 6.89. The summed E-state index contributed by atoms with van der Waals surface area (Å²) >= 11 is 3.39. The van der Waals surface area contributed by atoms with E-state index in [1.807, 2.05) is 18.2 Å². The Balaban J connectivity index is 2.09. The number of hydrogen-bond acceptors (Lipinski definition) is 3. The van der Waals surface area contributed by atoms with Gasteiger partial charge in [0.15, 0.2) is 0 Å². The third-order valence-corrected chi connectivity index (χ3v) is 4.23. The number of piperidine rings is 1. The van der Waals surface area contributed by atoms with Crippen molar-refractivity contribution in [1.29, 1.82) is 5.26 Å². The number of carbonyl (C=O) groups is 1. The fourth-order valence-electron chi connectivity index (χ4n) is 2.74. The first kappa shape index (κ1) is 14.9. The van der Waals surface area contributed by atoms with Crippen LogP contribution in [0.3, 0.4) is 0 Å². The van der Waals surface area contributed by atoms with Gasteiger partial charge in [0.05, 0.1) is 11.3 Å². The Morgan fingerprint density at radius 3 is 3.05 bits per heavy atom. The van der Waals surface area contributed by atoms with Gasteiger partial charge in [-0.3, -0.25) is 4.79 Å². The summed E-state index contributed by atoms with van der Waals surface area (Å²) in [7, 11) is 0. The third-order valence-electron chi connectivity index (χ3n) is 3.74. The molecule has 1 saturated heterocycles. The average molecular weight is 336 g/mol. The fourth-order valence-corrected chi connectivity index (χ4v) is 3.10. The van der Waals surface area contributed by atoms with Gasteiger partial charge >= 0.3 is 0 Å². The molecule has 1 aromatic rings. The van der Waals surface area contributed by atoms with Crippen molar-refractivity contribution in [1.82, 2.24) is 0 Å². The normalized spacial score (nSPS) is 18.6. The smallest absolute Gasteiger partial charge is 0.217 e. The molecule has 1 aliphatic rings. The molecule has 2 rings (SSSR count). The molecule has 2 N–H and O–H groups in total. The van der Waals surface area contributed by atoms with E-state index in [-0.39, 0.29) is 5.91 Å². The molecule has 0 unspecified atom stereocenters. The molecule has 0 aliphatic carbocycles. The van der Waals surface area contributed by atoms with Crippen molar-refractivity contribution in [2.24, 2.45) is 11.7 Å². The minimum atomic E-state index is -0.233. The molecular formula is C15H18BrN3O. The first-order valence-corrected chi connectivity index (χ1v) is 7.62. The average Bonchev–Trinajstić information content (AvgIpc) is 2.45. The van der Waals surface area contributed by atoms with Crippen LogP contribution in [0, 0.1) is 17.2 Å². The predicted octanol–water partition coefficient (Wildman–Crippen LogP) is 2.80. The number of nitriles is 1. The summed E-state index contributed by atoms with van der Waals surface area (Å²) in [5, 5.41) is 9.26. The van der Waals surface area contributed by atoms with E-state index in [1.165, 1.54) is 0 Å². The van der Waals surface area contributed by atoms with Crippen molar-refractivity contribution in [2.45, 2.75) is 25.7 Å². The Labute approximate surface area is 127 Å². The molecule has 4 nitrogen and oxygen atoms in total. The first-order chi connectivity index (χ1) is 9.60. The quantitative estimate of drug-likeness (QED) is 0.919. The largest absolute Gasteiger partial charge is 0.370 e. The minimum Gasteiger partial charge on any atom is -0.370 e. The molecule has 1 fully saturated rings. The van der Waals surface area contributed by atoms with Crippen LogP contribution in [0.25, 0.3) is 0 Å². The molecule has 106 valence electrons. The number of primary amides is 1. The summed E-state index contributed by atoms with van der Waals surface area (Å²) in [6.45, 7) is 1.85. The van der Waals surface area contributed by atoms with Gasteiger partial charge in [-0.25, -0.2) is 0 Å². The number of carbonyl (C=O) groups excluding carboxylic acids is 1. The number of nitrogens with two attached hydrogens (primary N) is 1. The maximum absolute atomic E-state index is 10.9. The Morgan fingerprint density at radius 1 is 1.55 bits per heavy atom. The van der Waals surface area contributed by atoms with Crippen molar-refractivity contribution in [2.75, 3.05) is 18.0 Å². The molecule has 5 heteroatoms. The maximum Gasteiger partial charge on any atom is 0.217 e. The number of rotatable bonds is 4. The van der Waals surface area contributed by atoms with Gasteiger partial charge in [-0.15, -0.1) is 0 Å². The molecule has 0 aromatic heterocycles. The van der Waals surface area contributed by atoms with Crippen LogP contribution in [0.2, 0.25) is 0 Å². The Bertz CT molecular complexity index is 538. The molecule has 0 radical (unpaired) electrons. The highest BCUT2D eigenvalue weighted by Crippen LogP contribution is 2.29. The molecule has 1 amide bonds. The Kier molecular flexibility index (Phi) is 5.02. The van der Waals surface area contributed by atoms with E-state index in [4.69, 9.17) is 5.73 Å². The highest BCUT2D eigenvalue weighted by atomic mass is 79.9. The van der Waals surface area contributed by atoms with Crippen LogP contribution in [0.15, 0.2) is 22.7 Å². The Hall–Kier alpha value is -1.54. The van der Waals surface area contributed by atoms with Crippen LogP contribution in [0.4, 0.5) is 5.69 Å². The van der Waals surface area contributed by atoms with Gasteiger partial charge in [-0.2, -0.15) is 5.26 Å². The molecule has 20 heavy (non-hydrogen) atoms. The fraction of sp³-hybridized carbons (Fsp3) is 0.467. The molecule has 1 heterocycles. The molecular weight excluding hydrogens is 318 g/mol. The van der Waals surface area contributed by atoms with Crippen molar-refractivity contribution >= 4 is 27.5 Å². The summed E-state index contributed by atoms with van der Waals surface area (Å²) in [4.78, 5) is 13.1. The maximum atomic E-state index is 10.9. The van der Waals surface area contributed by atoms with Gasteiger partial charge in [0.2, 0.25) is 5.91 Å². The van der Waals surface area contributed by atoms with Gasteiger partial charge in [0.25, 0.3) is 0 Å². The monoisotopic (exact) mass is 335 g/mol. The summed E-state index contributed by atoms with van der Waals surface area (Å²) in [6, 6.07) is 8.05. The van der Waals surface area contributed by atoms with Gasteiger partial charge in [-0.05, 0) is 43.4 Å². The zero-order chi connectivity index (χ0) is 14.5. The van der Waals surface area contributed by atoms with Crippen LogP contribution in [0.1, 0.15) is 31.2 Å². The second-order valence-electron chi connectivity index (χ2n) is 5.23.